The first kappa shape index (κ1) is 16.0. The zero-order chi connectivity index (χ0) is 15.6. The van der Waals surface area contributed by atoms with Crippen LogP contribution >= 0.6 is 0 Å². The summed E-state index contributed by atoms with van der Waals surface area (Å²) >= 11 is 0. The molecule has 21 heavy (non-hydrogen) atoms. The van der Waals surface area contributed by atoms with Crippen molar-refractivity contribution < 1.29 is 4.42 Å². The third-order valence-electron chi connectivity index (χ3n) is 4.43. The highest BCUT2D eigenvalue weighted by Crippen LogP contribution is 2.33. The van der Waals surface area contributed by atoms with Gasteiger partial charge in [0.25, 0.3) is 0 Å². The van der Waals surface area contributed by atoms with Crippen LogP contribution in [0.4, 0.5) is 0 Å². The lowest BCUT2D eigenvalue weighted by molar-refractivity contribution is 0.0827. The number of nitrogens with two attached hydrogens (primary N) is 1. The van der Waals surface area contributed by atoms with Gasteiger partial charge in [0.1, 0.15) is 11.3 Å². The van der Waals surface area contributed by atoms with Crippen molar-refractivity contribution in [2.24, 2.45) is 5.84 Å². The van der Waals surface area contributed by atoms with Gasteiger partial charge in [-0.2, -0.15) is 0 Å². The first-order valence-electron chi connectivity index (χ1n) is 7.65. The van der Waals surface area contributed by atoms with Crippen molar-refractivity contribution in [1.29, 1.82) is 0 Å². The van der Waals surface area contributed by atoms with Gasteiger partial charge in [-0.05, 0) is 52.1 Å². The van der Waals surface area contributed by atoms with E-state index in [1.54, 1.807) is 0 Å². The molecule has 1 unspecified atom stereocenters. The van der Waals surface area contributed by atoms with E-state index in [4.69, 9.17) is 10.3 Å². The fourth-order valence-corrected chi connectivity index (χ4v) is 3.18. The van der Waals surface area contributed by atoms with Crippen LogP contribution < -0.4 is 11.3 Å². The highest BCUT2D eigenvalue weighted by molar-refractivity contribution is 5.78. The molecule has 1 aromatic carbocycles. The van der Waals surface area contributed by atoms with Crippen LogP contribution in [0.2, 0.25) is 0 Å². The van der Waals surface area contributed by atoms with Gasteiger partial charge in [0.15, 0.2) is 0 Å². The number of hydrogen-bond donors (Lipinski definition) is 2. The summed E-state index contributed by atoms with van der Waals surface area (Å²) in [6.45, 7) is 12.8. The lowest BCUT2D eigenvalue weighted by Crippen LogP contribution is -2.54. The van der Waals surface area contributed by atoms with E-state index in [-0.39, 0.29) is 11.6 Å². The van der Waals surface area contributed by atoms with Gasteiger partial charge in [-0.1, -0.05) is 25.5 Å². The number of hydrogen-bond acceptors (Lipinski definition) is 4. The summed E-state index contributed by atoms with van der Waals surface area (Å²) in [4.78, 5) is 2.38. The maximum Gasteiger partial charge on any atom is 0.134 e. The van der Waals surface area contributed by atoms with Crippen LogP contribution in [0, 0.1) is 6.92 Å². The van der Waals surface area contributed by atoms with Crippen LogP contribution in [0.1, 0.15) is 45.1 Å². The van der Waals surface area contributed by atoms with Gasteiger partial charge in [-0.15, -0.1) is 0 Å². The fourth-order valence-electron chi connectivity index (χ4n) is 3.18. The van der Waals surface area contributed by atoms with Crippen molar-refractivity contribution in [2.45, 2.75) is 46.2 Å². The smallest absolute Gasteiger partial charge is 0.134 e. The van der Waals surface area contributed by atoms with Crippen molar-refractivity contribution in [3.63, 3.8) is 0 Å². The third-order valence-corrected chi connectivity index (χ3v) is 4.43. The summed E-state index contributed by atoms with van der Waals surface area (Å²) in [5.74, 6) is 6.74. The average molecular weight is 289 g/mol. The molecule has 0 spiro atoms. The number of aryl methyl sites for hydroxylation is 1. The number of likely N-dealkylation sites (N-methyl/N-ethyl adjacent to an activating group) is 1. The quantitative estimate of drug-likeness (QED) is 0.632. The Morgan fingerprint density at radius 2 is 1.90 bits per heavy atom. The number of nitrogens with one attached hydrogen (secondary N) is 1. The van der Waals surface area contributed by atoms with Gasteiger partial charge in [-0.25, -0.2) is 5.43 Å². The molecule has 1 heterocycles. The number of benzene rings is 1. The van der Waals surface area contributed by atoms with E-state index in [9.17, 15) is 0 Å². The van der Waals surface area contributed by atoms with Crippen LogP contribution in [-0.4, -0.2) is 23.5 Å². The minimum absolute atomic E-state index is 0.0647. The predicted octanol–water partition coefficient (Wildman–Crippen LogP) is 3.37. The molecule has 0 saturated carbocycles. The third kappa shape index (κ3) is 2.98. The van der Waals surface area contributed by atoms with Gasteiger partial charge in [0.05, 0.1) is 6.04 Å². The molecule has 1 aromatic heterocycles. The summed E-state index contributed by atoms with van der Waals surface area (Å²) in [7, 11) is 0. The second kappa shape index (κ2) is 6.18. The first-order chi connectivity index (χ1) is 9.93. The topological polar surface area (TPSA) is 54.4 Å². The van der Waals surface area contributed by atoms with Gasteiger partial charge in [-0.3, -0.25) is 10.7 Å². The largest absolute Gasteiger partial charge is 0.459 e. The molecule has 0 aliphatic heterocycles. The molecule has 0 fully saturated rings. The van der Waals surface area contributed by atoms with E-state index in [1.165, 1.54) is 5.56 Å². The minimum atomic E-state index is -0.138. The molecule has 0 saturated heterocycles. The van der Waals surface area contributed by atoms with E-state index in [0.29, 0.717) is 0 Å². The van der Waals surface area contributed by atoms with E-state index in [2.05, 4.69) is 63.1 Å². The Kier molecular flexibility index (Phi) is 4.71. The van der Waals surface area contributed by atoms with E-state index < -0.39 is 0 Å². The SMILES string of the molecule is CCN(CC)C(C)(C)C(NN)c1cc2cc(C)ccc2o1. The monoisotopic (exact) mass is 289 g/mol. The molecule has 116 valence electrons. The van der Waals surface area contributed by atoms with Crippen LogP contribution in [0.25, 0.3) is 11.0 Å². The Morgan fingerprint density at radius 3 is 2.48 bits per heavy atom. The van der Waals surface area contributed by atoms with Crippen molar-refractivity contribution in [3.05, 3.63) is 35.6 Å². The molecule has 0 radical (unpaired) electrons. The zero-order valence-electron chi connectivity index (χ0n) is 13.7. The first-order valence-corrected chi connectivity index (χ1v) is 7.65. The Hall–Kier alpha value is -1.36. The zero-order valence-corrected chi connectivity index (χ0v) is 13.7. The highest BCUT2D eigenvalue weighted by Gasteiger charge is 2.36. The fraction of sp³-hybridized carbons (Fsp3) is 0.529. The van der Waals surface area contributed by atoms with Crippen molar-refractivity contribution in [3.8, 4) is 0 Å². The van der Waals surface area contributed by atoms with Gasteiger partial charge in [0, 0.05) is 10.9 Å². The van der Waals surface area contributed by atoms with Gasteiger partial charge >= 0.3 is 0 Å². The Morgan fingerprint density at radius 1 is 1.24 bits per heavy atom. The molecule has 4 nitrogen and oxygen atoms in total. The number of nitrogens with zero attached hydrogens (tertiary/aromatic N) is 1. The molecule has 0 aliphatic carbocycles. The van der Waals surface area contributed by atoms with Crippen LogP contribution in [-0.2, 0) is 0 Å². The Labute approximate surface area is 127 Å². The molecule has 1 atom stereocenters. The van der Waals surface area contributed by atoms with Crippen LogP contribution in [0.5, 0.6) is 0 Å². The molecular formula is C17H27N3O. The van der Waals surface area contributed by atoms with Crippen LogP contribution in [0.3, 0.4) is 0 Å². The van der Waals surface area contributed by atoms with Crippen molar-refractivity contribution >= 4 is 11.0 Å². The lowest BCUT2D eigenvalue weighted by Gasteiger charge is -2.42. The lowest BCUT2D eigenvalue weighted by atomic mass is 9.90. The minimum Gasteiger partial charge on any atom is -0.459 e. The number of fused-ring (bicyclic) bond motifs is 1. The second-order valence-corrected chi connectivity index (χ2v) is 6.12. The maximum absolute atomic E-state index is 6.03. The van der Waals surface area contributed by atoms with Gasteiger partial charge in [0.2, 0.25) is 0 Å². The summed E-state index contributed by atoms with van der Waals surface area (Å²) in [6, 6.07) is 8.26. The molecule has 2 rings (SSSR count). The molecule has 4 heteroatoms. The second-order valence-electron chi connectivity index (χ2n) is 6.12. The summed E-state index contributed by atoms with van der Waals surface area (Å²) in [5.41, 5.74) is 4.95. The highest BCUT2D eigenvalue weighted by atomic mass is 16.3. The van der Waals surface area contributed by atoms with E-state index >= 15 is 0 Å². The Balaban J connectivity index is 2.43. The van der Waals surface area contributed by atoms with Gasteiger partial charge < -0.3 is 4.42 Å². The summed E-state index contributed by atoms with van der Waals surface area (Å²) in [5, 5.41) is 1.13. The Bertz CT molecular complexity index is 599. The van der Waals surface area contributed by atoms with E-state index in [1.807, 2.05) is 6.07 Å². The normalized spacial score (nSPS) is 14.0. The number of hydrazine groups is 1. The van der Waals surface area contributed by atoms with Crippen molar-refractivity contribution in [1.82, 2.24) is 10.3 Å². The number of furan rings is 1. The maximum atomic E-state index is 6.03. The number of rotatable bonds is 6. The standard InChI is InChI=1S/C17H27N3O/c1-6-20(7-2)17(4,5)16(19-18)15-11-13-10-12(3)8-9-14(13)21-15/h8-11,16,19H,6-7,18H2,1-5H3. The molecular weight excluding hydrogens is 262 g/mol. The summed E-state index contributed by atoms with van der Waals surface area (Å²) < 4.78 is 6.03. The van der Waals surface area contributed by atoms with E-state index in [0.717, 1.165) is 29.8 Å². The van der Waals surface area contributed by atoms with Crippen LogP contribution in [0.15, 0.2) is 28.7 Å². The average Bonchev–Trinajstić information content (AvgIpc) is 2.82. The summed E-state index contributed by atoms with van der Waals surface area (Å²) in [6.07, 6.45) is 0. The van der Waals surface area contributed by atoms with Crippen molar-refractivity contribution in [2.75, 3.05) is 13.1 Å². The molecule has 0 amide bonds. The molecule has 2 aromatic rings. The molecule has 3 N–H and O–H groups in total. The molecule has 0 bridgehead atoms. The molecule has 0 aliphatic rings. The predicted molar refractivity (Wildman–Crippen MR) is 88.0 cm³/mol.